The van der Waals surface area contributed by atoms with Gasteiger partial charge in [-0.3, -0.25) is 4.79 Å². The lowest BCUT2D eigenvalue weighted by Gasteiger charge is -2.23. The van der Waals surface area contributed by atoms with Crippen LogP contribution in [0.2, 0.25) is 0 Å². The van der Waals surface area contributed by atoms with Crippen LogP contribution < -0.4 is 10.6 Å². The third-order valence-electron chi connectivity index (χ3n) is 2.21. The lowest BCUT2D eigenvalue weighted by Crippen LogP contribution is -2.41. The maximum absolute atomic E-state index is 11.6. The number of carbonyl (C=O) groups excluding carboxylic acids is 1. The van der Waals surface area contributed by atoms with Gasteiger partial charge >= 0.3 is 0 Å². The zero-order chi connectivity index (χ0) is 12.2. The quantitative estimate of drug-likeness (QED) is 0.876. The summed E-state index contributed by atoms with van der Waals surface area (Å²) in [5.41, 5.74) is 0.613. The Morgan fingerprint density at radius 1 is 1.44 bits per heavy atom. The van der Waals surface area contributed by atoms with Crippen LogP contribution in [0.3, 0.4) is 0 Å². The van der Waals surface area contributed by atoms with E-state index in [1.807, 2.05) is 33.2 Å². The molecule has 0 fully saturated rings. The van der Waals surface area contributed by atoms with Crippen molar-refractivity contribution in [1.29, 1.82) is 0 Å². The molecule has 1 heterocycles. The molecule has 1 aromatic heterocycles. The first-order valence-electron chi connectivity index (χ1n) is 5.34. The Kier molecular flexibility index (Phi) is 9.64. The molecule has 0 saturated carbocycles. The Hall–Kier alpha value is -0.360. The van der Waals surface area contributed by atoms with Gasteiger partial charge in [0.05, 0.1) is 5.54 Å². The average molecular weight is 314 g/mol. The van der Waals surface area contributed by atoms with E-state index in [0.29, 0.717) is 13.0 Å². The second-order valence-electron chi connectivity index (χ2n) is 4.32. The van der Waals surface area contributed by atoms with Crippen molar-refractivity contribution in [3.8, 4) is 0 Å². The number of nitrogens with one attached hydrogen (secondary N) is 2. The SMILES string of the molecule is CNCCC(=O)NC(C)(C)c1nc(C)cs1.Cl.Cl. The molecule has 0 aliphatic carbocycles. The van der Waals surface area contributed by atoms with Crippen molar-refractivity contribution in [2.24, 2.45) is 0 Å². The number of amides is 1. The standard InChI is InChI=1S/C11H19N3OS.2ClH/c1-8-7-16-10(13-8)11(2,3)14-9(15)5-6-12-4;;/h7,12H,5-6H2,1-4H3,(H,14,15);2*1H. The van der Waals surface area contributed by atoms with E-state index < -0.39 is 0 Å². The molecule has 0 aromatic carbocycles. The lowest BCUT2D eigenvalue weighted by atomic mass is 10.1. The summed E-state index contributed by atoms with van der Waals surface area (Å²) >= 11 is 1.58. The number of nitrogens with zero attached hydrogens (tertiary/aromatic N) is 1. The maximum Gasteiger partial charge on any atom is 0.222 e. The molecule has 0 bridgehead atoms. The van der Waals surface area contributed by atoms with Crippen molar-refractivity contribution in [3.63, 3.8) is 0 Å². The van der Waals surface area contributed by atoms with Crippen LogP contribution in [0.5, 0.6) is 0 Å². The van der Waals surface area contributed by atoms with E-state index in [-0.39, 0.29) is 36.3 Å². The average Bonchev–Trinajstić information content (AvgIpc) is 2.62. The van der Waals surface area contributed by atoms with Gasteiger partial charge in [0, 0.05) is 24.0 Å². The molecule has 106 valence electrons. The van der Waals surface area contributed by atoms with Crippen molar-refractivity contribution < 1.29 is 4.79 Å². The Morgan fingerprint density at radius 3 is 2.50 bits per heavy atom. The Balaban J connectivity index is 0. The summed E-state index contributed by atoms with van der Waals surface area (Å²) < 4.78 is 0. The highest BCUT2D eigenvalue weighted by Crippen LogP contribution is 2.23. The Labute approximate surface area is 125 Å². The van der Waals surface area contributed by atoms with Crippen LogP contribution in [0.15, 0.2) is 5.38 Å². The molecule has 1 amide bonds. The van der Waals surface area contributed by atoms with E-state index in [1.165, 1.54) is 0 Å². The van der Waals surface area contributed by atoms with E-state index in [0.717, 1.165) is 10.7 Å². The van der Waals surface area contributed by atoms with E-state index in [1.54, 1.807) is 11.3 Å². The molecule has 0 atom stereocenters. The molecule has 2 N–H and O–H groups in total. The van der Waals surface area contributed by atoms with E-state index in [4.69, 9.17) is 0 Å². The number of aromatic nitrogens is 1. The molecule has 0 saturated heterocycles. The first kappa shape index (κ1) is 20.0. The molecule has 0 spiro atoms. The van der Waals surface area contributed by atoms with Gasteiger partial charge in [0.25, 0.3) is 0 Å². The second kappa shape index (κ2) is 8.69. The van der Waals surface area contributed by atoms with Gasteiger partial charge < -0.3 is 10.6 Å². The third-order valence-corrected chi connectivity index (χ3v) is 3.49. The van der Waals surface area contributed by atoms with Gasteiger partial charge in [0.1, 0.15) is 5.01 Å². The smallest absolute Gasteiger partial charge is 0.222 e. The number of hydrogen-bond acceptors (Lipinski definition) is 4. The van der Waals surface area contributed by atoms with Gasteiger partial charge in [-0.15, -0.1) is 36.2 Å². The fourth-order valence-corrected chi connectivity index (χ4v) is 2.22. The van der Waals surface area contributed by atoms with Crippen LogP contribution in [-0.2, 0) is 10.3 Å². The van der Waals surface area contributed by atoms with Gasteiger partial charge in [-0.25, -0.2) is 4.98 Å². The van der Waals surface area contributed by atoms with Crippen LogP contribution in [0.1, 0.15) is 31.0 Å². The molecular weight excluding hydrogens is 293 g/mol. The van der Waals surface area contributed by atoms with E-state index >= 15 is 0 Å². The zero-order valence-electron chi connectivity index (χ0n) is 11.1. The van der Waals surface area contributed by atoms with Gasteiger partial charge in [-0.2, -0.15) is 0 Å². The first-order valence-corrected chi connectivity index (χ1v) is 6.22. The number of carbonyl (C=O) groups is 1. The normalized spacial score (nSPS) is 10.2. The molecular formula is C11H21Cl2N3OS. The summed E-state index contributed by atoms with van der Waals surface area (Å²) in [6.45, 7) is 6.60. The van der Waals surface area contributed by atoms with Crippen LogP contribution in [0, 0.1) is 6.92 Å². The summed E-state index contributed by atoms with van der Waals surface area (Å²) in [6, 6.07) is 0. The van der Waals surface area contributed by atoms with Crippen molar-refractivity contribution in [1.82, 2.24) is 15.6 Å². The first-order chi connectivity index (χ1) is 7.45. The summed E-state index contributed by atoms with van der Waals surface area (Å²) in [7, 11) is 1.84. The highest BCUT2D eigenvalue weighted by atomic mass is 35.5. The highest BCUT2D eigenvalue weighted by Gasteiger charge is 2.25. The van der Waals surface area contributed by atoms with Crippen molar-refractivity contribution in [3.05, 3.63) is 16.1 Å². The fourth-order valence-electron chi connectivity index (χ4n) is 1.34. The number of rotatable bonds is 5. The summed E-state index contributed by atoms with van der Waals surface area (Å²) in [5.74, 6) is 0.0483. The minimum Gasteiger partial charge on any atom is -0.345 e. The number of thiazole rings is 1. The molecule has 7 heteroatoms. The minimum atomic E-state index is -0.385. The molecule has 18 heavy (non-hydrogen) atoms. The van der Waals surface area contributed by atoms with Crippen LogP contribution in [0.25, 0.3) is 0 Å². The third kappa shape index (κ3) is 6.00. The molecule has 0 aliphatic rings. The Morgan fingerprint density at radius 2 is 2.06 bits per heavy atom. The Bertz CT molecular complexity index is 369. The predicted octanol–water partition coefficient (Wildman–Crippen LogP) is 2.26. The van der Waals surface area contributed by atoms with E-state index in [2.05, 4.69) is 15.6 Å². The van der Waals surface area contributed by atoms with Crippen LogP contribution in [0.4, 0.5) is 0 Å². The molecule has 1 rings (SSSR count). The fraction of sp³-hybridized carbons (Fsp3) is 0.636. The zero-order valence-corrected chi connectivity index (χ0v) is 13.5. The predicted molar refractivity (Wildman–Crippen MR) is 81.1 cm³/mol. The number of hydrogen-bond donors (Lipinski definition) is 2. The van der Waals surface area contributed by atoms with Crippen molar-refractivity contribution in [2.45, 2.75) is 32.7 Å². The lowest BCUT2D eigenvalue weighted by molar-refractivity contribution is -0.122. The highest BCUT2D eigenvalue weighted by molar-refractivity contribution is 7.09. The molecule has 4 nitrogen and oxygen atoms in total. The molecule has 0 radical (unpaired) electrons. The maximum atomic E-state index is 11.6. The van der Waals surface area contributed by atoms with Gasteiger partial charge in [0.15, 0.2) is 0 Å². The molecule has 1 aromatic rings. The summed E-state index contributed by atoms with van der Waals surface area (Å²) in [5, 5.41) is 8.89. The van der Waals surface area contributed by atoms with E-state index in [9.17, 15) is 4.79 Å². The van der Waals surface area contributed by atoms with Gasteiger partial charge in [0.2, 0.25) is 5.91 Å². The monoisotopic (exact) mass is 313 g/mol. The molecule has 0 aliphatic heterocycles. The molecule has 0 unspecified atom stereocenters. The van der Waals surface area contributed by atoms with Crippen molar-refractivity contribution in [2.75, 3.05) is 13.6 Å². The second-order valence-corrected chi connectivity index (χ2v) is 5.18. The topological polar surface area (TPSA) is 54.0 Å². The summed E-state index contributed by atoms with van der Waals surface area (Å²) in [6.07, 6.45) is 0.490. The minimum absolute atomic E-state index is 0. The summed E-state index contributed by atoms with van der Waals surface area (Å²) in [4.78, 5) is 16.0. The largest absolute Gasteiger partial charge is 0.345 e. The van der Waals surface area contributed by atoms with Gasteiger partial charge in [-0.1, -0.05) is 0 Å². The number of halogens is 2. The number of aryl methyl sites for hydroxylation is 1. The van der Waals surface area contributed by atoms with Crippen LogP contribution >= 0.6 is 36.2 Å². The van der Waals surface area contributed by atoms with Crippen molar-refractivity contribution >= 4 is 42.1 Å². The van der Waals surface area contributed by atoms with Crippen LogP contribution in [-0.4, -0.2) is 24.5 Å². The van der Waals surface area contributed by atoms with Gasteiger partial charge in [-0.05, 0) is 27.8 Å².